The molecule has 3 amide bonds. The van der Waals surface area contributed by atoms with Crippen molar-refractivity contribution in [3.8, 4) is 5.75 Å². The molecule has 1 aromatic rings. The molecule has 1 fully saturated rings. The van der Waals surface area contributed by atoms with Gasteiger partial charge in [0, 0.05) is 31.1 Å². The van der Waals surface area contributed by atoms with E-state index in [4.69, 9.17) is 4.74 Å². The lowest BCUT2D eigenvalue weighted by atomic mass is 9.93. The molecule has 29 heavy (non-hydrogen) atoms. The van der Waals surface area contributed by atoms with Crippen molar-refractivity contribution in [3.63, 3.8) is 0 Å². The Hall–Kier alpha value is -3.17. The van der Waals surface area contributed by atoms with Crippen LogP contribution in [0.3, 0.4) is 0 Å². The predicted octanol–water partition coefficient (Wildman–Crippen LogP) is 1.45. The lowest BCUT2D eigenvalue weighted by Gasteiger charge is -2.39. The molecule has 1 unspecified atom stereocenters. The fraction of sp³-hybridized carbons (Fsp3) is 0.526. The summed E-state index contributed by atoms with van der Waals surface area (Å²) in [5, 5.41) is 16.5. The van der Waals surface area contributed by atoms with Crippen LogP contribution in [0.4, 0.5) is 11.4 Å². The number of likely N-dealkylation sites (tertiary alicyclic amines) is 1. The molecule has 0 aromatic heterocycles. The molecule has 1 atom stereocenters. The molecule has 0 bridgehead atoms. The van der Waals surface area contributed by atoms with Gasteiger partial charge in [-0.3, -0.25) is 24.5 Å². The van der Waals surface area contributed by atoms with Crippen LogP contribution in [0, 0.1) is 16.0 Å². The van der Waals surface area contributed by atoms with Crippen LogP contribution >= 0.6 is 0 Å². The Balaban J connectivity index is 1.72. The minimum atomic E-state index is -1.84. The number of nitro benzene ring substituents is 1. The Kier molecular flexibility index (Phi) is 5.45. The van der Waals surface area contributed by atoms with Gasteiger partial charge in [-0.25, -0.2) is 0 Å². The van der Waals surface area contributed by atoms with Crippen molar-refractivity contribution in [1.29, 1.82) is 0 Å². The van der Waals surface area contributed by atoms with E-state index in [0.717, 1.165) is 0 Å². The van der Waals surface area contributed by atoms with Gasteiger partial charge in [-0.1, -0.05) is 0 Å². The number of nitro groups is 1. The maximum atomic E-state index is 13.1. The molecule has 3 rings (SSSR count). The van der Waals surface area contributed by atoms with Gasteiger partial charge >= 0.3 is 0 Å². The average Bonchev–Trinajstić information content (AvgIpc) is 2.67. The number of nitrogens with one attached hydrogen (secondary N) is 2. The molecule has 0 saturated carbocycles. The molecule has 2 heterocycles. The largest absolute Gasteiger partial charge is 0.465 e. The van der Waals surface area contributed by atoms with Crippen LogP contribution in [0.1, 0.15) is 33.6 Å². The van der Waals surface area contributed by atoms with E-state index in [0.29, 0.717) is 25.9 Å². The van der Waals surface area contributed by atoms with Gasteiger partial charge in [-0.15, -0.1) is 0 Å². The Morgan fingerprint density at radius 3 is 2.59 bits per heavy atom. The van der Waals surface area contributed by atoms with Crippen LogP contribution in [0.5, 0.6) is 5.75 Å². The molecule has 10 heteroatoms. The first-order valence-corrected chi connectivity index (χ1v) is 9.50. The minimum Gasteiger partial charge on any atom is -0.465 e. The molecule has 2 aliphatic rings. The van der Waals surface area contributed by atoms with Crippen LogP contribution in [0.2, 0.25) is 0 Å². The fourth-order valence-corrected chi connectivity index (χ4v) is 3.51. The number of non-ortho nitro benzene ring substituents is 1. The summed E-state index contributed by atoms with van der Waals surface area (Å²) in [5.41, 5.74) is -1.77. The third-order valence-corrected chi connectivity index (χ3v) is 5.16. The van der Waals surface area contributed by atoms with Crippen LogP contribution in [-0.2, 0) is 14.4 Å². The van der Waals surface area contributed by atoms with Crippen molar-refractivity contribution >= 4 is 29.1 Å². The summed E-state index contributed by atoms with van der Waals surface area (Å²) in [4.78, 5) is 49.8. The van der Waals surface area contributed by atoms with Gasteiger partial charge < -0.3 is 20.3 Å². The van der Waals surface area contributed by atoms with Gasteiger partial charge in [0.15, 0.2) is 5.75 Å². The smallest absolute Gasteiger partial charge is 0.278 e. The Labute approximate surface area is 167 Å². The van der Waals surface area contributed by atoms with Crippen molar-refractivity contribution in [2.75, 3.05) is 18.4 Å². The number of ether oxygens (including phenoxy) is 1. The first kappa shape index (κ1) is 20.6. The van der Waals surface area contributed by atoms with Crippen LogP contribution < -0.4 is 15.4 Å². The normalized spacial score (nSPS) is 21.8. The van der Waals surface area contributed by atoms with Gasteiger partial charge in [0.25, 0.3) is 23.1 Å². The molecule has 2 aliphatic heterocycles. The zero-order valence-corrected chi connectivity index (χ0v) is 16.6. The monoisotopic (exact) mass is 404 g/mol. The summed E-state index contributed by atoms with van der Waals surface area (Å²) in [5.74, 6) is -1.32. The van der Waals surface area contributed by atoms with Crippen molar-refractivity contribution in [3.05, 3.63) is 28.3 Å². The first-order chi connectivity index (χ1) is 13.6. The molecular formula is C19H24N4O6. The molecule has 2 N–H and O–H groups in total. The van der Waals surface area contributed by atoms with E-state index in [1.807, 2.05) is 13.8 Å². The quantitative estimate of drug-likeness (QED) is 0.444. The van der Waals surface area contributed by atoms with Crippen LogP contribution in [0.15, 0.2) is 18.2 Å². The zero-order chi connectivity index (χ0) is 21.3. The summed E-state index contributed by atoms with van der Waals surface area (Å²) in [7, 11) is 0. The fourth-order valence-electron chi connectivity index (χ4n) is 3.51. The van der Waals surface area contributed by atoms with Crippen molar-refractivity contribution in [2.45, 2.75) is 45.3 Å². The van der Waals surface area contributed by atoms with E-state index < -0.39 is 22.3 Å². The average molecular weight is 404 g/mol. The molecule has 1 aromatic carbocycles. The second-order valence-electron chi connectivity index (χ2n) is 7.76. The van der Waals surface area contributed by atoms with E-state index in [1.165, 1.54) is 30.0 Å². The highest BCUT2D eigenvalue weighted by Crippen LogP contribution is 2.37. The SMILES string of the molecule is CC(C)NC(=O)C1CCN(C(=O)C2(C)Oc3cc([N+](=O)[O-])ccc3NC2=O)CC1. The third-order valence-electron chi connectivity index (χ3n) is 5.16. The van der Waals surface area contributed by atoms with Crippen molar-refractivity contribution in [2.24, 2.45) is 5.92 Å². The lowest BCUT2D eigenvalue weighted by Crippen LogP contribution is -2.61. The summed E-state index contributed by atoms with van der Waals surface area (Å²) in [6, 6.07) is 3.85. The van der Waals surface area contributed by atoms with E-state index in [9.17, 15) is 24.5 Å². The number of anilines is 1. The number of amides is 3. The molecule has 156 valence electrons. The maximum Gasteiger partial charge on any atom is 0.278 e. The third kappa shape index (κ3) is 4.01. The second kappa shape index (κ2) is 7.69. The number of benzene rings is 1. The summed E-state index contributed by atoms with van der Waals surface area (Å²) >= 11 is 0. The maximum absolute atomic E-state index is 13.1. The van der Waals surface area contributed by atoms with Gasteiger partial charge in [0.1, 0.15) is 0 Å². The number of carbonyl (C=O) groups is 3. The Bertz CT molecular complexity index is 862. The minimum absolute atomic E-state index is 0.0359. The number of hydrogen-bond acceptors (Lipinski definition) is 6. The van der Waals surface area contributed by atoms with E-state index in [-0.39, 0.29) is 35.0 Å². The number of nitrogens with zero attached hydrogens (tertiary/aromatic N) is 2. The number of carbonyl (C=O) groups excluding carboxylic acids is 3. The predicted molar refractivity (Wildman–Crippen MR) is 103 cm³/mol. The zero-order valence-electron chi connectivity index (χ0n) is 16.6. The van der Waals surface area contributed by atoms with Crippen molar-refractivity contribution in [1.82, 2.24) is 10.2 Å². The van der Waals surface area contributed by atoms with Gasteiger partial charge in [0.05, 0.1) is 16.7 Å². The molecule has 0 aliphatic carbocycles. The van der Waals surface area contributed by atoms with Crippen LogP contribution in [0.25, 0.3) is 0 Å². The topological polar surface area (TPSA) is 131 Å². The molecule has 1 saturated heterocycles. The van der Waals surface area contributed by atoms with E-state index in [1.54, 1.807) is 0 Å². The molecular weight excluding hydrogens is 380 g/mol. The molecule has 0 spiro atoms. The molecule has 0 radical (unpaired) electrons. The highest BCUT2D eigenvalue weighted by molar-refractivity contribution is 6.15. The van der Waals surface area contributed by atoms with E-state index >= 15 is 0 Å². The van der Waals surface area contributed by atoms with Crippen LogP contribution in [-0.4, -0.2) is 52.3 Å². The summed E-state index contributed by atoms with van der Waals surface area (Å²) in [6.07, 6.45) is 0.980. The summed E-state index contributed by atoms with van der Waals surface area (Å²) < 4.78 is 5.68. The van der Waals surface area contributed by atoms with E-state index in [2.05, 4.69) is 10.6 Å². The molecule has 10 nitrogen and oxygen atoms in total. The second-order valence-corrected chi connectivity index (χ2v) is 7.76. The Morgan fingerprint density at radius 2 is 2.00 bits per heavy atom. The number of piperidine rings is 1. The van der Waals surface area contributed by atoms with Gasteiger partial charge in [-0.2, -0.15) is 0 Å². The standard InChI is InChI=1S/C19H24N4O6/c1-11(2)20-16(24)12-6-8-22(9-7-12)18(26)19(3)17(25)21-14-5-4-13(23(27)28)10-15(14)29-19/h4-5,10-12H,6-9H2,1-3H3,(H,20,24)(H,21,25). The number of hydrogen-bond donors (Lipinski definition) is 2. The highest BCUT2D eigenvalue weighted by Gasteiger charge is 2.50. The lowest BCUT2D eigenvalue weighted by molar-refractivity contribution is -0.385. The Morgan fingerprint density at radius 1 is 1.34 bits per heavy atom. The summed E-state index contributed by atoms with van der Waals surface area (Å²) in [6.45, 7) is 5.77. The number of fused-ring (bicyclic) bond motifs is 1. The first-order valence-electron chi connectivity index (χ1n) is 9.50. The van der Waals surface area contributed by atoms with Gasteiger partial charge in [-0.05, 0) is 39.7 Å². The highest BCUT2D eigenvalue weighted by atomic mass is 16.6. The van der Waals surface area contributed by atoms with Gasteiger partial charge in [0.2, 0.25) is 5.91 Å². The van der Waals surface area contributed by atoms with Crippen molar-refractivity contribution < 1.29 is 24.0 Å². The number of rotatable bonds is 4.